The second kappa shape index (κ2) is 8.71. The molecule has 146 valence electrons. The number of ether oxygens (including phenoxy) is 2. The summed E-state index contributed by atoms with van der Waals surface area (Å²) in [6.45, 7) is 2.89. The Balaban J connectivity index is 1.82. The first-order chi connectivity index (χ1) is 13.5. The third-order valence-corrected chi connectivity index (χ3v) is 4.65. The lowest BCUT2D eigenvalue weighted by Gasteiger charge is -2.12. The van der Waals surface area contributed by atoms with Gasteiger partial charge in [-0.2, -0.15) is 0 Å². The van der Waals surface area contributed by atoms with Gasteiger partial charge in [-0.25, -0.2) is 0 Å². The largest absolute Gasteiger partial charge is 0.496 e. The van der Waals surface area contributed by atoms with Crippen molar-refractivity contribution >= 4 is 22.4 Å². The van der Waals surface area contributed by atoms with Crippen LogP contribution in [-0.4, -0.2) is 31.3 Å². The molecule has 3 aromatic rings. The van der Waals surface area contributed by atoms with Gasteiger partial charge in [0.2, 0.25) is 5.91 Å². The Bertz CT molecular complexity index is 1060. The predicted octanol–water partition coefficient (Wildman–Crippen LogP) is 3.15. The molecule has 6 heteroatoms. The van der Waals surface area contributed by atoms with E-state index in [0.29, 0.717) is 24.2 Å². The number of anilines is 1. The highest BCUT2D eigenvalue weighted by atomic mass is 16.5. The highest BCUT2D eigenvalue weighted by molar-refractivity contribution is 6.02. The summed E-state index contributed by atoms with van der Waals surface area (Å²) in [7, 11) is 3.22. The third-order valence-electron chi connectivity index (χ3n) is 4.65. The van der Waals surface area contributed by atoms with Crippen LogP contribution in [0.4, 0.5) is 5.69 Å². The van der Waals surface area contributed by atoms with Crippen LogP contribution >= 0.6 is 0 Å². The fourth-order valence-corrected chi connectivity index (χ4v) is 3.22. The highest BCUT2D eigenvalue weighted by Gasteiger charge is 2.11. The van der Waals surface area contributed by atoms with Gasteiger partial charge in [-0.3, -0.25) is 9.59 Å². The van der Waals surface area contributed by atoms with Crippen molar-refractivity contribution in [2.75, 3.05) is 26.1 Å². The van der Waals surface area contributed by atoms with Crippen molar-refractivity contribution in [2.45, 2.75) is 19.9 Å². The minimum absolute atomic E-state index is 0.101. The monoisotopic (exact) mass is 380 g/mol. The molecule has 1 N–H and O–H groups in total. The van der Waals surface area contributed by atoms with E-state index in [1.165, 1.54) is 0 Å². The van der Waals surface area contributed by atoms with Crippen LogP contribution < -0.4 is 15.6 Å². The molecule has 0 aliphatic carbocycles. The van der Waals surface area contributed by atoms with E-state index in [-0.39, 0.29) is 17.9 Å². The summed E-state index contributed by atoms with van der Waals surface area (Å²) in [6, 6.07) is 12.9. The van der Waals surface area contributed by atoms with Gasteiger partial charge >= 0.3 is 0 Å². The lowest BCUT2D eigenvalue weighted by Crippen LogP contribution is -2.22. The van der Waals surface area contributed by atoms with Crippen molar-refractivity contribution in [3.05, 3.63) is 70.1 Å². The zero-order valence-electron chi connectivity index (χ0n) is 16.3. The average Bonchev–Trinajstić information content (AvgIpc) is 2.68. The number of rotatable bonds is 7. The Morgan fingerprint density at radius 2 is 1.93 bits per heavy atom. The molecule has 0 fully saturated rings. The number of fused-ring (bicyclic) bond motifs is 1. The summed E-state index contributed by atoms with van der Waals surface area (Å²) in [5, 5.41) is 4.22. The number of nitrogens with one attached hydrogen (secondary N) is 1. The van der Waals surface area contributed by atoms with E-state index in [1.54, 1.807) is 43.2 Å². The fraction of sp³-hybridized carbons (Fsp3) is 0.273. The van der Waals surface area contributed by atoms with E-state index in [2.05, 4.69) is 5.32 Å². The van der Waals surface area contributed by atoms with E-state index in [1.807, 2.05) is 31.2 Å². The first-order valence-electron chi connectivity index (χ1n) is 9.08. The number of aromatic nitrogens is 1. The maximum absolute atomic E-state index is 12.6. The molecule has 0 bridgehead atoms. The van der Waals surface area contributed by atoms with Crippen molar-refractivity contribution in [3.8, 4) is 5.75 Å². The Labute approximate surface area is 163 Å². The van der Waals surface area contributed by atoms with E-state index in [9.17, 15) is 9.59 Å². The van der Waals surface area contributed by atoms with Crippen LogP contribution in [0.1, 0.15) is 11.1 Å². The molecule has 28 heavy (non-hydrogen) atoms. The predicted molar refractivity (Wildman–Crippen MR) is 110 cm³/mol. The fourth-order valence-electron chi connectivity index (χ4n) is 3.22. The first-order valence-corrected chi connectivity index (χ1v) is 9.08. The van der Waals surface area contributed by atoms with Gasteiger partial charge in [-0.1, -0.05) is 18.2 Å². The summed E-state index contributed by atoms with van der Waals surface area (Å²) in [4.78, 5) is 25.2. The van der Waals surface area contributed by atoms with Crippen molar-refractivity contribution in [3.63, 3.8) is 0 Å². The summed E-state index contributed by atoms with van der Waals surface area (Å²) >= 11 is 0. The number of pyridine rings is 1. The average molecular weight is 380 g/mol. The molecule has 0 unspecified atom stereocenters. The summed E-state index contributed by atoms with van der Waals surface area (Å²) in [5.74, 6) is 0.656. The molecule has 2 aromatic carbocycles. The van der Waals surface area contributed by atoms with Gasteiger partial charge in [0.15, 0.2) is 0 Å². The van der Waals surface area contributed by atoms with Gasteiger partial charge in [0.1, 0.15) is 5.75 Å². The van der Waals surface area contributed by atoms with Crippen LogP contribution in [0.25, 0.3) is 10.8 Å². The smallest absolute Gasteiger partial charge is 0.258 e. The minimum atomic E-state index is -0.138. The van der Waals surface area contributed by atoms with Crippen molar-refractivity contribution < 1.29 is 14.3 Å². The van der Waals surface area contributed by atoms with Gasteiger partial charge in [0.05, 0.1) is 20.1 Å². The zero-order valence-corrected chi connectivity index (χ0v) is 16.3. The maximum Gasteiger partial charge on any atom is 0.258 e. The van der Waals surface area contributed by atoms with Crippen molar-refractivity contribution in [1.82, 2.24) is 4.57 Å². The van der Waals surface area contributed by atoms with Gasteiger partial charge in [-0.05, 0) is 42.3 Å². The molecule has 6 nitrogen and oxygen atoms in total. The molecule has 1 aromatic heterocycles. The Morgan fingerprint density at radius 3 is 2.64 bits per heavy atom. The lowest BCUT2D eigenvalue weighted by atomic mass is 10.1. The number of methoxy groups -OCH3 is 2. The minimum Gasteiger partial charge on any atom is -0.496 e. The number of amides is 1. The van der Waals surface area contributed by atoms with Crippen LogP contribution in [0.15, 0.2) is 53.5 Å². The SMILES string of the molecule is COCCn1ccc2c(NC(=O)Cc3ccc(OC)c(C)c3)cccc2c1=O. The Hall–Kier alpha value is -3.12. The molecule has 0 spiro atoms. The first kappa shape index (κ1) is 19.6. The number of carbonyl (C=O) groups excluding carboxylic acids is 1. The van der Waals surface area contributed by atoms with E-state index < -0.39 is 0 Å². The molecule has 0 aliphatic heterocycles. The second-order valence-electron chi connectivity index (χ2n) is 6.60. The number of hydrogen-bond acceptors (Lipinski definition) is 4. The maximum atomic E-state index is 12.6. The van der Waals surface area contributed by atoms with Crippen LogP contribution in [0.2, 0.25) is 0 Å². The molecular formula is C22H24N2O4. The molecule has 0 aliphatic rings. The molecule has 1 heterocycles. The normalized spacial score (nSPS) is 10.8. The number of nitrogens with zero attached hydrogens (tertiary/aromatic N) is 1. The zero-order chi connectivity index (χ0) is 20.1. The second-order valence-corrected chi connectivity index (χ2v) is 6.60. The molecule has 3 rings (SSSR count). The standard InChI is InChI=1S/C22H24N2O4/c1-15-13-16(7-8-20(15)28-3)14-21(25)23-19-6-4-5-18-17(19)9-10-24(22(18)26)11-12-27-2/h4-10,13H,11-12,14H2,1-3H3,(H,23,25). The number of hydrogen-bond donors (Lipinski definition) is 1. The summed E-state index contributed by atoms with van der Waals surface area (Å²) < 4.78 is 11.9. The quantitative estimate of drug-likeness (QED) is 0.684. The third kappa shape index (κ3) is 4.23. The Morgan fingerprint density at radius 1 is 1.11 bits per heavy atom. The highest BCUT2D eigenvalue weighted by Crippen LogP contribution is 2.22. The molecular weight excluding hydrogens is 356 g/mol. The number of aryl methyl sites for hydroxylation is 1. The van der Waals surface area contributed by atoms with Crippen LogP contribution in [-0.2, 0) is 22.5 Å². The molecule has 0 atom stereocenters. The van der Waals surface area contributed by atoms with Crippen molar-refractivity contribution in [1.29, 1.82) is 0 Å². The van der Waals surface area contributed by atoms with Gasteiger partial charge in [0, 0.05) is 36.3 Å². The topological polar surface area (TPSA) is 69.6 Å². The number of carbonyl (C=O) groups is 1. The summed E-state index contributed by atoms with van der Waals surface area (Å²) in [6.07, 6.45) is 1.97. The van der Waals surface area contributed by atoms with Crippen LogP contribution in [0, 0.1) is 6.92 Å². The lowest BCUT2D eigenvalue weighted by molar-refractivity contribution is -0.115. The van der Waals surface area contributed by atoms with Gasteiger partial charge in [0.25, 0.3) is 5.56 Å². The van der Waals surface area contributed by atoms with Gasteiger partial charge in [-0.15, -0.1) is 0 Å². The van der Waals surface area contributed by atoms with E-state index in [0.717, 1.165) is 22.3 Å². The number of benzene rings is 2. The molecule has 0 radical (unpaired) electrons. The van der Waals surface area contributed by atoms with E-state index >= 15 is 0 Å². The van der Waals surface area contributed by atoms with Gasteiger partial charge < -0.3 is 19.4 Å². The van der Waals surface area contributed by atoms with E-state index in [4.69, 9.17) is 9.47 Å². The molecule has 1 amide bonds. The summed E-state index contributed by atoms with van der Waals surface area (Å²) in [5.41, 5.74) is 2.41. The van der Waals surface area contributed by atoms with Crippen LogP contribution in [0.5, 0.6) is 5.75 Å². The molecule has 0 saturated heterocycles. The van der Waals surface area contributed by atoms with Crippen molar-refractivity contribution in [2.24, 2.45) is 0 Å². The van der Waals surface area contributed by atoms with Crippen LogP contribution in [0.3, 0.4) is 0 Å². The Kier molecular flexibility index (Phi) is 6.11. The molecule has 0 saturated carbocycles.